The van der Waals surface area contributed by atoms with Crippen LogP contribution in [0, 0.1) is 11.3 Å². The van der Waals surface area contributed by atoms with E-state index < -0.39 is 12.2 Å². The molecule has 0 radical (unpaired) electrons. The quantitative estimate of drug-likeness (QED) is 0.674. The number of nitriles is 1. The molecule has 0 aromatic carbocycles. The number of nitrogens with one attached hydrogen (secondary N) is 1. The Bertz CT molecular complexity index is 487. The summed E-state index contributed by atoms with van der Waals surface area (Å²) in [4.78, 5) is 14.4. The molecule has 1 rings (SSSR count). The number of amides is 1. The van der Waals surface area contributed by atoms with Gasteiger partial charge in [-0.3, -0.25) is 4.79 Å². The number of carbonyl (C=O) groups excluding carboxylic acids is 1. The first-order chi connectivity index (χ1) is 8.45. The zero-order chi connectivity index (χ0) is 13.7. The Hall–Kier alpha value is -1.68. The van der Waals surface area contributed by atoms with Crippen LogP contribution in [-0.2, 0) is 4.79 Å². The van der Waals surface area contributed by atoms with Gasteiger partial charge in [-0.25, -0.2) is 4.98 Å². The summed E-state index contributed by atoms with van der Waals surface area (Å²) in [6.07, 6.45) is -1.30. The first-order valence-electron chi connectivity index (χ1n) is 5.11. The van der Waals surface area contributed by atoms with Crippen molar-refractivity contribution < 1.29 is 15.0 Å². The Morgan fingerprint density at radius 2 is 2.33 bits per heavy atom. The van der Waals surface area contributed by atoms with Crippen LogP contribution in [0.3, 0.4) is 0 Å². The first kappa shape index (κ1) is 14.4. The molecule has 0 aliphatic carbocycles. The minimum Gasteiger partial charge on any atom is -0.388 e. The molecular formula is C11H12ClN3O3. The normalized spacial score (nSPS) is 13.5. The van der Waals surface area contributed by atoms with Gasteiger partial charge in [0.25, 0.3) is 0 Å². The van der Waals surface area contributed by atoms with E-state index in [-0.39, 0.29) is 28.7 Å². The van der Waals surface area contributed by atoms with Crippen molar-refractivity contribution >= 4 is 17.5 Å². The molecule has 1 amide bonds. The zero-order valence-corrected chi connectivity index (χ0v) is 10.3. The van der Waals surface area contributed by atoms with Crippen molar-refractivity contribution in [2.45, 2.75) is 19.1 Å². The average molecular weight is 270 g/mol. The Balaban J connectivity index is 2.85. The SMILES string of the molecule is CC(=O)NCC(O)C(O)c1cc(C#N)cnc1Cl. The van der Waals surface area contributed by atoms with Crippen molar-refractivity contribution in [2.75, 3.05) is 6.54 Å². The molecule has 3 N–H and O–H groups in total. The van der Waals surface area contributed by atoms with Gasteiger partial charge in [-0.15, -0.1) is 0 Å². The average Bonchev–Trinajstić information content (AvgIpc) is 2.35. The lowest BCUT2D eigenvalue weighted by molar-refractivity contribution is -0.119. The van der Waals surface area contributed by atoms with Gasteiger partial charge in [-0.1, -0.05) is 11.6 Å². The third-order valence-electron chi connectivity index (χ3n) is 2.24. The van der Waals surface area contributed by atoms with Crippen LogP contribution in [0.25, 0.3) is 0 Å². The largest absolute Gasteiger partial charge is 0.388 e. The number of aromatic nitrogens is 1. The molecule has 6 nitrogen and oxygen atoms in total. The van der Waals surface area contributed by atoms with Crippen molar-refractivity contribution in [1.82, 2.24) is 10.3 Å². The number of carbonyl (C=O) groups is 1. The standard InChI is InChI=1S/C11H12ClN3O3/c1-6(16)14-5-9(17)10(18)8-2-7(3-13)4-15-11(8)12/h2,4,9-10,17-18H,5H2,1H3,(H,14,16). The van der Waals surface area contributed by atoms with E-state index in [1.807, 2.05) is 6.07 Å². The van der Waals surface area contributed by atoms with E-state index in [9.17, 15) is 15.0 Å². The lowest BCUT2D eigenvalue weighted by Crippen LogP contribution is -2.34. The Kier molecular flexibility index (Phi) is 5.04. The van der Waals surface area contributed by atoms with Crippen LogP contribution in [0.5, 0.6) is 0 Å². The molecule has 96 valence electrons. The van der Waals surface area contributed by atoms with Gasteiger partial charge in [0.1, 0.15) is 23.4 Å². The summed E-state index contributed by atoms with van der Waals surface area (Å²) in [6, 6.07) is 3.20. The third-order valence-corrected chi connectivity index (χ3v) is 2.55. The predicted molar refractivity (Wildman–Crippen MR) is 63.6 cm³/mol. The topological polar surface area (TPSA) is 106 Å². The van der Waals surface area contributed by atoms with Crippen molar-refractivity contribution in [1.29, 1.82) is 5.26 Å². The van der Waals surface area contributed by atoms with E-state index in [1.54, 1.807) is 0 Å². The monoisotopic (exact) mass is 269 g/mol. The maximum atomic E-state index is 10.7. The Morgan fingerprint density at radius 1 is 1.67 bits per heavy atom. The molecule has 1 heterocycles. The van der Waals surface area contributed by atoms with E-state index in [1.165, 1.54) is 19.2 Å². The molecule has 1 aromatic rings. The van der Waals surface area contributed by atoms with Gasteiger partial charge in [0.05, 0.1) is 5.56 Å². The highest BCUT2D eigenvalue weighted by atomic mass is 35.5. The molecule has 0 fully saturated rings. The number of halogens is 1. The molecule has 0 bridgehead atoms. The lowest BCUT2D eigenvalue weighted by Gasteiger charge is -2.19. The second kappa shape index (κ2) is 6.31. The van der Waals surface area contributed by atoms with Crippen molar-refractivity contribution in [3.8, 4) is 6.07 Å². The summed E-state index contributed by atoms with van der Waals surface area (Å²) in [5.41, 5.74) is 0.369. The number of rotatable bonds is 4. The predicted octanol–water partition coefficient (Wildman–Crippen LogP) is 0.137. The highest BCUT2D eigenvalue weighted by Crippen LogP contribution is 2.24. The maximum absolute atomic E-state index is 10.7. The molecule has 2 unspecified atom stereocenters. The number of aliphatic hydroxyl groups is 2. The van der Waals surface area contributed by atoms with Crippen molar-refractivity contribution in [2.24, 2.45) is 0 Å². The summed E-state index contributed by atoms with van der Waals surface area (Å²) in [6.45, 7) is 1.17. The minimum atomic E-state index is -1.33. The van der Waals surface area contributed by atoms with Crippen LogP contribution < -0.4 is 5.32 Å². The van der Waals surface area contributed by atoms with Crippen LogP contribution in [0.2, 0.25) is 5.15 Å². The number of hydrogen-bond acceptors (Lipinski definition) is 5. The van der Waals surface area contributed by atoms with Crippen molar-refractivity contribution in [3.63, 3.8) is 0 Å². The summed E-state index contributed by atoms with van der Waals surface area (Å²) in [5, 5.41) is 30.6. The Morgan fingerprint density at radius 3 is 2.89 bits per heavy atom. The first-order valence-corrected chi connectivity index (χ1v) is 5.49. The molecule has 0 aliphatic rings. The van der Waals surface area contributed by atoms with Crippen LogP contribution >= 0.6 is 11.6 Å². The molecule has 18 heavy (non-hydrogen) atoms. The van der Waals surface area contributed by atoms with E-state index in [4.69, 9.17) is 16.9 Å². The van der Waals surface area contributed by atoms with Gasteiger partial charge in [0.15, 0.2) is 0 Å². The molecule has 0 saturated carbocycles. The van der Waals surface area contributed by atoms with Gasteiger partial charge < -0.3 is 15.5 Å². The number of pyridine rings is 1. The van der Waals surface area contributed by atoms with Gasteiger partial charge >= 0.3 is 0 Å². The van der Waals surface area contributed by atoms with Crippen LogP contribution in [0.4, 0.5) is 0 Å². The highest BCUT2D eigenvalue weighted by molar-refractivity contribution is 6.30. The number of hydrogen-bond donors (Lipinski definition) is 3. The maximum Gasteiger partial charge on any atom is 0.216 e. The second-order valence-electron chi connectivity index (χ2n) is 3.67. The number of nitrogens with zero attached hydrogens (tertiary/aromatic N) is 2. The molecule has 0 aliphatic heterocycles. The minimum absolute atomic E-state index is 0.00313. The molecule has 1 aromatic heterocycles. The lowest BCUT2D eigenvalue weighted by atomic mass is 10.0. The van der Waals surface area contributed by atoms with E-state index >= 15 is 0 Å². The van der Waals surface area contributed by atoms with E-state index in [0.29, 0.717) is 0 Å². The van der Waals surface area contributed by atoms with Crippen molar-refractivity contribution in [3.05, 3.63) is 28.5 Å². The van der Waals surface area contributed by atoms with E-state index in [0.717, 1.165) is 0 Å². The molecular weight excluding hydrogens is 258 g/mol. The van der Waals surface area contributed by atoms with Crippen LogP contribution in [-0.4, -0.2) is 33.8 Å². The fraction of sp³-hybridized carbons (Fsp3) is 0.364. The fourth-order valence-electron chi connectivity index (χ4n) is 1.30. The van der Waals surface area contributed by atoms with Gasteiger partial charge in [0, 0.05) is 25.2 Å². The smallest absolute Gasteiger partial charge is 0.216 e. The molecule has 0 spiro atoms. The summed E-state index contributed by atoms with van der Waals surface area (Å²) < 4.78 is 0. The summed E-state index contributed by atoms with van der Waals surface area (Å²) >= 11 is 5.78. The van der Waals surface area contributed by atoms with E-state index in [2.05, 4.69) is 10.3 Å². The summed E-state index contributed by atoms with van der Waals surface area (Å²) in [5.74, 6) is -0.323. The molecule has 0 saturated heterocycles. The number of aliphatic hydroxyl groups excluding tert-OH is 2. The van der Waals surface area contributed by atoms with Gasteiger partial charge in [-0.05, 0) is 6.07 Å². The van der Waals surface area contributed by atoms with Crippen LogP contribution in [0.1, 0.15) is 24.2 Å². The third kappa shape index (κ3) is 3.67. The van der Waals surface area contributed by atoms with Crippen LogP contribution in [0.15, 0.2) is 12.3 Å². The second-order valence-corrected chi connectivity index (χ2v) is 4.02. The summed E-state index contributed by atoms with van der Waals surface area (Å²) in [7, 11) is 0. The van der Waals surface area contributed by atoms with Gasteiger partial charge in [-0.2, -0.15) is 5.26 Å². The van der Waals surface area contributed by atoms with Gasteiger partial charge in [0.2, 0.25) is 5.91 Å². The Labute approximate surface area is 109 Å². The highest BCUT2D eigenvalue weighted by Gasteiger charge is 2.22. The fourth-order valence-corrected chi connectivity index (χ4v) is 1.52. The zero-order valence-electron chi connectivity index (χ0n) is 9.59. The molecule has 2 atom stereocenters. The molecule has 7 heteroatoms.